The van der Waals surface area contributed by atoms with E-state index in [1.807, 2.05) is 0 Å². The molecule has 0 radical (unpaired) electrons. The van der Waals surface area contributed by atoms with Gasteiger partial charge in [0.15, 0.2) is 11.6 Å². The van der Waals surface area contributed by atoms with E-state index in [1.54, 1.807) is 13.8 Å². The second kappa shape index (κ2) is 7.42. The summed E-state index contributed by atoms with van der Waals surface area (Å²) in [6.07, 6.45) is -0.494. The number of hydrogen-bond acceptors (Lipinski definition) is 3. The summed E-state index contributed by atoms with van der Waals surface area (Å²) >= 11 is 0. The molecule has 0 bridgehead atoms. The second-order valence-electron chi connectivity index (χ2n) is 5.54. The van der Waals surface area contributed by atoms with Gasteiger partial charge in [-0.3, -0.25) is 9.59 Å². The van der Waals surface area contributed by atoms with Crippen molar-refractivity contribution in [1.29, 1.82) is 0 Å². The summed E-state index contributed by atoms with van der Waals surface area (Å²) in [4.78, 5) is 23.5. The van der Waals surface area contributed by atoms with Gasteiger partial charge in [0.1, 0.15) is 11.6 Å². The molecule has 0 spiro atoms. The zero-order chi connectivity index (χ0) is 17.0. The van der Waals surface area contributed by atoms with Crippen molar-refractivity contribution in [3.05, 3.63) is 35.1 Å². The summed E-state index contributed by atoms with van der Waals surface area (Å²) in [5, 5.41) is 0. The fourth-order valence-corrected chi connectivity index (χ4v) is 2.15. The molecule has 1 aromatic rings. The van der Waals surface area contributed by atoms with E-state index in [0.717, 1.165) is 13.0 Å². The first-order valence-corrected chi connectivity index (χ1v) is 6.99. The highest BCUT2D eigenvalue weighted by Gasteiger charge is 2.30. The molecule has 0 aliphatic rings. The average molecular weight is 316 g/mol. The Hall–Kier alpha value is -1.85. The molecule has 1 aromatic carbocycles. The van der Waals surface area contributed by atoms with E-state index in [-0.39, 0.29) is 12.5 Å². The van der Waals surface area contributed by atoms with E-state index in [1.165, 1.54) is 6.92 Å². The number of ether oxygens (including phenoxy) is 1. The lowest BCUT2D eigenvalue weighted by Crippen LogP contribution is -2.24. The Morgan fingerprint density at radius 1 is 1.09 bits per heavy atom. The zero-order valence-electron chi connectivity index (χ0n) is 13.0. The Morgan fingerprint density at radius 3 is 2.14 bits per heavy atom. The normalized spacial score (nSPS) is 13.8. The van der Waals surface area contributed by atoms with Crippen LogP contribution in [0.3, 0.4) is 0 Å². The maximum Gasteiger partial charge on any atom is 0.308 e. The molecule has 22 heavy (non-hydrogen) atoms. The second-order valence-corrected chi connectivity index (χ2v) is 5.54. The molecule has 0 heterocycles. The van der Waals surface area contributed by atoms with Crippen LogP contribution in [0.4, 0.5) is 13.2 Å². The Morgan fingerprint density at radius 2 is 1.64 bits per heavy atom. The number of ketones is 1. The smallest absolute Gasteiger partial charge is 0.308 e. The summed E-state index contributed by atoms with van der Waals surface area (Å²) in [5.41, 5.74) is -0.642. The first kappa shape index (κ1) is 18.2. The van der Waals surface area contributed by atoms with E-state index < -0.39 is 46.6 Å². The molecule has 0 aliphatic carbocycles. The molecular weight excluding hydrogens is 297 g/mol. The molecule has 2 unspecified atom stereocenters. The number of hydrogen-bond donors (Lipinski definition) is 0. The van der Waals surface area contributed by atoms with Crippen molar-refractivity contribution in [2.75, 3.05) is 0 Å². The minimum atomic E-state index is -1.40. The van der Waals surface area contributed by atoms with E-state index in [2.05, 4.69) is 0 Å². The molecule has 0 amide bonds. The highest BCUT2D eigenvalue weighted by Crippen LogP contribution is 2.31. The third kappa shape index (κ3) is 4.32. The van der Waals surface area contributed by atoms with E-state index >= 15 is 0 Å². The SMILES string of the molecule is CC(=O)C(CC(C)C(=O)OC(C)C)c1c(F)ccc(F)c1F. The maximum absolute atomic E-state index is 13.9. The van der Waals surface area contributed by atoms with Gasteiger partial charge in [0.05, 0.1) is 12.0 Å². The monoisotopic (exact) mass is 316 g/mol. The molecule has 0 N–H and O–H groups in total. The first-order chi connectivity index (χ1) is 10.1. The standard InChI is InChI=1S/C16H19F3O3/c1-8(2)22-16(21)9(3)7-11(10(4)20)14-12(17)5-6-13(18)15(14)19/h5-6,8-9,11H,7H2,1-4H3. The summed E-state index contributed by atoms with van der Waals surface area (Å²) in [6, 6.07) is 1.42. The third-order valence-electron chi connectivity index (χ3n) is 3.26. The largest absolute Gasteiger partial charge is 0.463 e. The van der Waals surface area contributed by atoms with Crippen LogP contribution < -0.4 is 0 Å². The van der Waals surface area contributed by atoms with Crippen LogP contribution in [0, 0.1) is 23.4 Å². The topological polar surface area (TPSA) is 43.4 Å². The molecule has 0 saturated heterocycles. The van der Waals surface area contributed by atoms with Crippen LogP contribution in [-0.2, 0) is 14.3 Å². The van der Waals surface area contributed by atoms with Gasteiger partial charge in [-0.2, -0.15) is 0 Å². The maximum atomic E-state index is 13.9. The van der Waals surface area contributed by atoms with Crippen LogP contribution >= 0.6 is 0 Å². The number of carbonyl (C=O) groups is 2. The van der Waals surface area contributed by atoms with Gasteiger partial charge in [0.25, 0.3) is 0 Å². The number of carbonyl (C=O) groups excluding carboxylic acids is 2. The molecule has 3 nitrogen and oxygen atoms in total. The quantitative estimate of drug-likeness (QED) is 0.593. The van der Waals surface area contributed by atoms with Crippen molar-refractivity contribution >= 4 is 11.8 Å². The van der Waals surface area contributed by atoms with Gasteiger partial charge in [-0.15, -0.1) is 0 Å². The molecule has 2 atom stereocenters. The van der Waals surface area contributed by atoms with Crippen molar-refractivity contribution in [2.24, 2.45) is 5.92 Å². The van der Waals surface area contributed by atoms with Crippen molar-refractivity contribution in [3.8, 4) is 0 Å². The molecule has 0 saturated carbocycles. The van der Waals surface area contributed by atoms with Crippen LogP contribution in [0.25, 0.3) is 0 Å². The predicted molar refractivity (Wildman–Crippen MR) is 74.7 cm³/mol. The van der Waals surface area contributed by atoms with Gasteiger partial charge in [-0.05, 0) is 39.3 Å². The fourth-order valence-electron chi connectivity index (χ4n) is 2.15. The highest BCUT2D eigenvalue weighted by molar-refractivity contribution is 5.84. The Bertz CT molecular complexity index is 570. The Balaban J connectivity index is 3.09. The number of esters is 1. The molecule has 122 valence electrons. The van der Waals surface area contributed by atoms with Crippen LogP contribution in [-0.4, -0.2) is 17.9 Å². The summed E-state index contributed by atoms with van der Waals surface area (Å²) < 4.78 is 46.0. The summed E-state index contributed by atoms with van der Waals surface area (Å²) in [5.74, 6) is -6.76. The molecule has 1 rings (SSSR count). The average Bonchev–Trinajstić information content (AvgIpc) is 2.41. The lowest BCUT2D eigenvalue weighted by molar-refractivity contribution is -0.152. The molecule has 0 aromatic heterocycles. The minimum absolute atomic E-state index is 0.155. The number of benzene rings is 1. The summed E-state index contributed by atoms with van der Waals surface area (Å²) in [7, 11) is 0. The first-order valence-electron chi connectivity index (χ1n) is 6.99. The van der Waals surface area contributed by atoms with Crippen LogP contribution in [0.1, 0.15) is 45.6 Å². The highest BCUT2D eigenvalue weighted by atomic mass is 19.2. The van der Waals surface area contributed by atoms with Gasteiger partial charge in [-0.25, -0.2) is 13.2 Å². The Labute approximate surface area is 127 Å². The Kier molecular flexibility index (Phi) is 6.14. The zero-order valence-corrected chi connectivity index (χ0v) is 13.0. The van der Waals surface area contributed by atoms with Gasteiger partial charge >= 0.3 is 5.97 Å². The van der Waals surface area contributed by atoms with Gasteiger partial charge < -0.3 is 4.74 Å². The predicted octanol–water partition coefficient (Wildman–Crippen LogP) is 3.75. The summed E-state index contributed by atoms with van der Waals surface area (Å²) in [6.45, 7) is 5.97. The van der Waals surface area contributed by atoms with Crippen molar-refractivity contribution in [3.63, 3.8) is 0 Å². The number of halogens is 3. The minimum Gasteiger partial charge on any atom is -0.463 e. The van der Waals surface area contributed by atoms with Crippen molar-refractivity contribution in [1.82, 2.24) is 0 Å². The van der Waals surface area contributed by atoms with Gasteiger partial charge in [0.2, 0.25) is 0 Å². The van der Waals surface area contributed by atoms with Crippen LogP contribution in [0.2, 0.25) is 0 Å². The lowest BCUT2D eigenvalue weighted by atomic mass is 9.86. The molecular formula is C16H19F3O3. The van der Waals surface area contributed by atoms with Gasteiger partial charge in [0, 0.05) is 11.5 Å². The molecule has 6 heteroatoms. The van der Waals surface area contributed by atoms with E-state index in [9.17, 15) is 22.8 Å². The van der Waals surface area contributed by atoms with Gasteiger partial charge in [-0.1, -0.05) is 6.92 Å². The fraction of sp³-hybridized carbons (Fsp3) is 0.500. The van der Waals surface area contributed by atoms with Crippen LogP contribution in [0.15, 0.2) is 12.1 Å². The van der Waals surface area contributed by atoms with E-state index in [4.69, 9.17) is 4.74 Å². The van der Waals surface area contributed by atoms with Crippen LogP contribution in [0.5, 0.6) is 0 Å². The van der Waals surface area contributed by atoms with Crippen molar-refractivity contribution in [2.45, 2.75) is 46.1 Å². The molecule has 0 fully saturated rings. The van der Waals surface area contributed by atoms with Crippen molar-refractivity contribution < 1.29 is 27.5 Å². The number of rotatable bonds is 6. The number of Topliss-reactive ketones (excluding diaryl/α,β-unsaturated/α-hetero) is 1. The lowest BCUT2D eigenvalue weighted by Gasteiger charge is -2.20. The molecule has 0 aliphatic heterocycles. The third-order valence-corrected chi connectivity index (χ3v) is 3.26. The van der Waals surface area contributed by atoms with E-state index in [0.29, 0.717) is 6.07 Å².